The molecule has 1 fully saturated rings. The van der Waals surface area contributed by atoms with E-state index in [1.165, 1.54) is 6.08 Å². The van der Waals surface area contributed by atoms with Gasteiger partial charge in [0.05, 0.1) is 5.92 Å². The van der Waals surface area contributed by atoms with Gasteiger partial charge in [0.15, 0.2) is 0 Å². The van der Waals surface area contributed by atoms with E-state index in [1.54, 1.807) is 26.8 Å². The maximum absolute atomic E-state index is 11.4. The SMILES string of the molecule is CC(C)(C)OC(=O)C=CC1C(C(=O)O)C1(C)C. The van der Waals surface area contributed by atoms with E-state index in [1.807, 2.05) is 13.8 Å². The normalized spacial score (nSPS) is 26.9. The number of aliphatic carboxylic acids is 1. The molecule has 96 valence electrons. The van der Waals surface area contributed by atoms with Crippen LogP contribution in [0.4, 0.5) is 0 Å². The summed E-state index contributed by atoms with van der Waals surface area (Å²) in [5.41, 5.74) is -0.795. The van der Waals surface area contributed by atoms with Crippen molar-refractivity contribution in [2.45, 2.75) is 40.2 Å². The van der Waals surface area contributed by atoms with Gasteiger partial charge in [0, 0.05) is 6.08 Å². The van der Waals surface area contributed by atoms with Crippen molar-refractivity contribution < 1.29 is 19.4 Å². The maximum Gasteiger partial charge on any atom is 0.330 e. The van der Waals surface area contributed by atoms with Crippen molar-refractivity contribution in [3.63, 3.8) is 0 Å². The minimum Gasteiger partial charge on any atom is -0.481 e. The van der Waals surface area contributed by atoms with E-state index in [4.69, 9.17) is 9.84 Å². The first-order chi connectivity index (χ1) is 7.55. The van der Waals surface area contributed by atoms with Crippen LogP contribution < -0.4 is 0 Å². The molecule has 0 saturated heterocycles. The van der Waals surface area contributed by atoms with Crippen molar-refractivity contribution in [2.24, 2.45) is 17.3 Å². The molecular formula is C13H20O4. The van der Waals surface area contributed by atoms with Gasteiger partial charge in [-0.3, -0.25) is 4.79 Å². The Bertz CT molecular complexity index is 360. The van der Waals surface area contributed by atoms with Gasteiger partial charge >= 0.3 is 11.9 Å². The monoisotopic (exact) mass is 240 g/mol. The van der Waals surface area contributed by atoms with Crippen LogP contribution in [-0.2, 0) is 14.3 Å². The number of hydrogen-bond acceptors (Lipinski definition) is 3. The van der Waals surface area contributed by atoms with Gasteiger partial charge in [0.25, 0.3) is 0 Å². The molecule has 0 aromatic carbocycles. The van der Waals surface area contributed by atoms with Gasteiger partial charge in [-0.1, -0.05) is 19.9 Å². The molecule has 0 heterocycles. The molecule has 0 spiro atoms. The maximum atomic E-state index is 11.4. The standard InChI is InChI=1S/C13H20O4/c1-12(2,3)17-9(14)7-6-8-10(11(15)16)13(8,4)5/h6-8,10H,1-5H3,(H,15,16). The molecule has 4 nitrogen and oxygen atoms in total. The van der Waals surface area contributed by atoms with Gasteiger partial charge < -0.3 is 9.84 Å². The van der Waals surface area contributed by atoms with Crippen LogP contribution in [0.15, 0.2) is 12.2 Å². The van der Waals surface area contributed by atoms with E-state index in [0.717, 1.165) is 0 Å². The lowest BCUT2D eigenvalue weighted by atomic mass is 10.1. The summed E-state index contributed by atoms with van der Waals surface area (Å²) in [6.45, 7) is 9.14. The second-order valence-electron chi connectivity index (χ2n) is 6.06. The quantitative estimate of drug-likeness (QED) is 0.607. The summed E-state index contributed by atoms with van der Waals surface area (Å²) in [6.07, 6.45) is 2.98. The van der Waals surface area contributed by atoms with Gasteiger partial charge in [-0.2, -0.15) is 0 Å². The van der Waals surface area contributed by atoms with E-state index in [2.05, 4.69) is 0 Å². The molecule has 1 rings (SSSR count). The summed E-state index contributed by atoms with van der Waals surface area (Å²) in [5.74, 6) is -1.73. The topological polar surface area (TPSA) is 63.6 Å². The number of carbonyl (C=O) groups excluding carboxylic acids is 1. The Morgan fingerprint density at radius 1 is 1.29 bits per heavy atom. The molecule has 0 radical (unpaired) electrons. The zero-order valence-corrected chi connectivity index (χ0v) is 11.0. The third-order valence-corrected chi connectivity index (χ3v) is 3.02. The van der Waals surface area contributed by atoms with Crippen molar-refractivity contribution >= 4 is 11.9 Å². The fourth-order valence-electron chi connectivity index (χ4n) is 2.03. The second-order valence-corrected chi connectivity index (χ2v) is 6.06. The number of ether oxygens (including phenoxy) is 1. The number of hydrogen-bond donors (Lipinski definition) is 1. The second kappa shape index (κ2) is 4.17. The van der Waals surface area contributed by atoms with Crippen molar-refractivity contribution in [3.8, 4) is 0 Å². The molecule has 1 N–H and O–H groups in total. The molecule has 1 aliphatic rings. The molecule has 4 heteroatoms. The molecule has 0 aromatic heterocycles. The van der Waals surface area contributed by atoms with Crippen LogP contribution in [-0.4, -0.2) is 22.6 Å². The molecule has 2 unspecified atom stereocenters. The zero-order valence-electron chi connectivity index (χ0n) is 11.0. The Hall–Kier alpha value is -1.32. The fourth-order valence-corrected chi connectivity index (χ4v) is 2.03. The number of allylic oxidation sites excluding steroid dienone is 1. The number of carboxylic acid groups (broad SMARTS) is 1. The smallest absolute Gasteiger partial charge is 0.330 e. The highest BCUT2D eigenvalue weighted by Gasteiger charge is 2.60. The van der Waals surface area contributed by atoms with Crippen LogP contribution in [0.25, 0.3) is 0 Å². The first-order valence-corrected chi connectivity index (χ1v) is 5.69. The van der Waals surface area contributed by atoms with Crippen LogP contribution in [0.2, 0.25) is 0 Å². The first-order valence-electron chi connectivity index (χ1n) is 5.69. The molecule has 0 aromatic rings. The summed E-state index contributed by atoms with van der Waals surface area (Å²) >= 11 is 0. The van der Waals surface area contributed by atoms with E-state index >= 15 is 0 Å². The Morgan fingerprint density at radius 3 is 2.18 bits per heavy atom. The summed E-state index contributed by atoms with van der Waals surface area (Å²) in [4.78, 5) is 22.3. The minimum absolute atomic E-state index is 0.0903. The summed E-state index contributed by atoms with van der Waals surface area (Å²) in [7, 11) is 0. The molecule has 0 bridgehead atoms. The molecule has 2 atom stereocenters. The van der Waals surface area contributed by atoms with Crippen LogP contribution in [0.1, 0.15) is 34.6 Å². The summed E-state index contributed by atoms with van der Waals surface area (Å²) in [6, 6.07) is 0. The van der Waals surface area contributed by atoms with Crippen molar-refractivity contribution in [3.05, 3.63) is 12.2 Å². The van der Waals surface area contributed by atoms with Crippen LogP contribution in [0.3, 0.4) is 0 Å². The lowest BCUT2D eigenvalue weighted by molar-refractivity contribution is -0.148. The van der Waals surface area contributed by atoms with Gasteiger partial charge in [0.1, 0.15) is 5.60 Å². The predicted molar refractivity (Wildman–Crippen MR) is 63.4 cm³/mol. The van der Waals surface area contributed by atoms with E-state index in [9.17, 15) is 9.59 Å². The highest BCUT2D eigenvalue weighted by atomic mass is 16.6. The number of rotatable bonds is 3. The van der Waals surface area contributed by atoms with Crippen molar-refractivity contribution in [1.29, 1.82) is 0 Å². The largest absolute Gasteiger partial charge is 0.481 e. The van der Waals surface area contributed by atoms with E-state index in [-0.39, 0.29) is 11.3 Å². The first kappa shape index (κ1) is 13.7. The number of carbonyl (C=O) groups is 2. The Morgan fingerprint density at radius 2 is 1.82 bits per heavy atom. The van der Waals surface area contributed by atoms with E-state index < -0.39 is 23.5 Å². The summed E-state index contributed by atoms with van der Waals surface area (Å²) in [5, 5.41) is 8.96. The van der Waals surface area contributed by atoms with E-state index in [0.29, 0.717) is 0 Å². The Balaban J connectivity index is 2.57. The summed E-state index contributed by atoms with van der Waals surface area (Å²) < 4.78 is 5.11. The number of esters is 1. The number of carboxylic acids is 1. The van der Waals surface area contributed by atoms with Gasteiger partial charge in [-0.25, -0.2) is 4.79 Å². The van der Waals surface area contributed by atoms with Gasteiger partial charge in [-0.15, -0.1) is 0 Å². The third kappa shape index (κ3) is 3.32. The lowest BCUT2D eigenvalue weighted by Crippen LogP contribution is -2.22. The molecule has 1 aliphatic carbocycles. The Labute approximate surface area is 102 Å². The van der Waals surface area contributed by atoms with Crippen molar-refractivity contribution in [1.82, 2.24) is 0 Å². The molecule has 0 aliphatic heterocycles. The molecule has 17 heavy (non-hydrogen) atoms. The highest BCUT2D eigenvalue weighted by molar-refractivity contribution is 5.83. The average Bonchev–Trinajstić information content (AvgIpc) is 2.61. The molecule has 1 saturated carbocycles. The highest BCUT2D eigenvalue weighted by Crippen LogP contribution is 2.59. The van der Waals surface area contributed by atoms with Crippen LogP contribution in [0, 0.1) is 17.3 Å². The minimum atomic E-state index is -0.811. The Kier molecular flexibility index (Phi) is 3.37. The zero-order chi connectivity index (χ0) is 13.4. The van der Waals surface area contributed by atoms with Crippen LogP contribution >= 0.6 is 0 Å². The van der Waals surface area contributed by atoms with Gasteiger partial charge in [0.2, 0.25) is 0 Å². The van der Waals surface area contributed by atoms with Crippen LogP contribution in [0.5, 0.6) is 0 Å². The third-order valence-electron chi connectivity index (χ3n) is 3.02. The van der Waals surface area contributed by atoms with Gasteiger partial charge in [-0.05, 0) is 32.1 Å². The lowest BCUT2D eigenvalue weighted by Gasteiger charge is -2.17. The molecule has 0 amide bonds. The average molecular weight is 240 g/mol. The fraction of sp³-hybridized carbons (Fsp3) is 0.692. The molecular weight excluding hydrogens is 220 g/mol. The predicted octanol–water partition coefficient (Wildman–Crippen LogP) is 2.24. The van der Waals surface area contributed by atoms with Crippen molar-refractivity contribution in [2.75, 3.05) is 0 Å².